The second kappa shape index (κ2) is 9.30. The molecule has 4 aromatic rings. The lowest BCUT2D eigenvalue weighted by molar-refractivity contribution is 0.167. The van der Waals surface area contributed by atoms with Gasteiger partial charge in [0.25, 0.3) is 0 Å². The van der Waals surface area contributed by atoms with Crippen LogP contribution in [0.15, 0.2) is 91.2 Å². The van der Waals surface area contributed by atoms with Crippen LogP contribution in [0.2, 0.25) is 0 Å². The monoisotopic (exact) mass is 488 g/mol. The number of methoxy groups -OCH3 is 2. The minimum absolute atomic E-state index is 0.113. The highest BCUT2D eigenvalue weighted by Gasteiger charge is 2.55. The number of rotatable bonds is 6. The Hall–Kier alpha value is -4.46. The van der Waals surface area contributed by atoms with Crippen LogP contribution in [0.1, 0.15) is 46.3 Å². The Balaban J connectivity index is 1.74. The van der Waals surface area contributed by atoms with Crippen molar-refractivity contribution in [1.82, 2.24) is 0 Å². The van der Waals surface area contributed by atoms with Crippen molar-refractivity contribution in [3.05, 3.63) is 116 Å². The molecule has 0 amide bonds. The molecule has 36 heavy (non-hydrogen) atoms. The molecule has 8 nitrogen and oxygen atoms in total. The fraction of sp³-hybridized carbons (Fsp3) is 0.214. The van der Waals surface area contributed by atoms with Crippen molar-refractivity contribution < 1.29 is 28.5 Å². The number of hydrogen-bond donors (Lipinski definition) is 2. The molecule has 8 heteroatoms. The summed E-state index contributed by atoms with van der Waals surface area (Å²) in [5, 5.41) is 19.8. The lowest BCUT2D eigenvalue weighted by Crippen LogP contribution is -2.40. The van der Waals surface area contributed by atoms with Crippen molar-refractivity contribution in [2.75, 3.05) is 14.2 Å². The van der Waals surface area contributed by atoms with E-state index in [1.54, 1.807) is 60.7 Å². The highest BCUT2D eigenvalue weighted by molar-refractivity contribution is 5.47. The molecule has 1 fully saturated rings. The van der Waals surface area contributed by atoms with Crippen LogP contribution in [-0.4, -0.2) is 24.4 Å². The van der Waals surface area contributed by atoms with Crippen molar-refractivity contribution in [1.29, 1.82) is 0 Å². The molecule has 1 aliphatic rings. The van der Waals surface area contributed by atoms with Crippen molar-refractivity contribution in [2.24, 2.45) is 0 Å². The summed E-state index contributed by atoms with van der Waals surface area (Å²) in [7, 11) is 2.95. The highest BCUT2D eigenvalue weighted by atomic mass is 16.5. The Labute approximate surface area is 206 Å². The fourth-order valence-electron chi connectivity index (χ4n) is 5.19. The van der Waals surface area contributed by atoms with E-state index in [0.29, 0.717) is 23.0 Å². The van der Waals surface area contributed by atoms with Gasteiger partial charge in [-0.25, -0.2) is 9.59 Å². The minimum atomic E-state index is -0.547. The zero-order valence-electron chi connectivity index (χ0n) is 19.6. The Bertz CT molecular complexity index is 1360. The summed E-state index contributed by atoms with van der Waals surface area (Å²) in [5.74, 6) is 0.479. The van der Waals surface area contributed by atoms with Gasteiger partial charge >= 0.3 is 11.3 Å². The van der Waals surface area contributed by atoms with E-state index in [9.17, 15) is 19.8 Å². The average Bonchev–Trinajstić information content (AvgIpc) is 2.85. The van der Waals surface area contributed by atoms with E-state index >= 15 is 0 Å². The van der Waals surface area contributed by atoms with E-state index in [0.717, 1.165) is 11.1 Å². The van der Waals surface area contributed by atoms with Crippen molar-refractivity contribution in [3.63, 3.8) is 0 Å². The molecule has 0 bridgehead atoms. The Morgan fingerprint density at radius 1 is 0.583 bits per heavy atom. The smallest absolute Gasteiger partial charge is 0.339 e. The largest absolute Gasteiger partial charge is 0.508 e. The number of benzene rings is 2. The molecule has 0 aliphatic heterocycles. The normalized spacial score (nSPS) is 20.9. The fourth-order valence-corrected chi connectivity index (χ4v) is 5.19. The molecule has 2 aromatic heterocycles. The van der Waals surface area contributed by atoms with Gasteiger partial charge in [0.05, 0.1) is 26.4 Å². The number of phenolic OH excluding ortho intramolecular Hbond substituents is 2. The number of ether oxygens (including phenoxy) is 2. The molecule has 0 saturated heterocycles. The van der Waals surface area contributed by atoms with Crippen molar-refractivity contribution in [2.45, 2.75) is 23.7 Å². The molecule has 5 rings (SSSR count). The number of phenols is 2. The van der Waals surface area contributed by atoms with Gasteiger partial charge in [-0.15, -0.1) is 0 Å². The molecular formula is C28H24O8. The third-order valence-electron chi connectivity index (χ3n) is 6.76. The topological polar surface area (TPSA) is 119 Å². The molecule has 2 heterocycles. The van der Waals surface area contributed by atoms with Gasteiger partial charge in [0.2, 0.25) is 0 Å². The Morgan fingerprint density at radius 3 is 1.28 bits per heavy atom. The zero-order chi connectivity index (χ0) is 25.4. The second-order valence-corrected chi connectivity index (χ2v) is 8.72. The van der Waals surface area contributed by atoms with Gasteiger partial charge in [0.15, 0.2) is 0 Å². The first-order chi connectivity index (χ1) is 17.4. The summed E-state index contributed by atoms with van der Waals surface area (Å²) in [4.78, 5) is 24.8. The minimum Gasteiger partial charge on any atom is -0.508 e. The van der Waals surface area contributed by atoms with Gasteiger partial charge in [-0.2, -0.15) is 0 Å². The first-order valence-corrected chi connectivity index (χ1v) is 11.3. The van der Waals surface area contributed by atoms with E-state index in [1.165, 1.54) is 26.4 Å². The molecule has 184 valence electrons. The van der Waals surface area contributed by atoms with E-state index in [-0.39, 0.29) is 35.2 Å². The van der Waals surface area contributed by atoms with Crippen LogP contribution < -0.4 is 20.7 Å². The maximum Gasteiger partial charge on any atom is 0.339 e. The van der Waals surface area contributed by atoms with Gasteiger partial charge in [0, 0.05) is 35.8 Å². The van der Waals surface area contributed by atoms with Crippen LogP contribution >= 0.6 is 0 Å². The summed E-state index contributed by atoms with van der Waals surface area (Å²) in [6.07, 6.45) is 0. The van der Waals surface area contributed by atoms with Gasteiger partial charge in [0.1, 0.15) is 34.5 Å². The highest BCUT2D eigenvalue weighted by Crippen LogP contribution is 2.66. The quantitative estimate of drug-likeness (QED) is 0.408. The molecule has 0 atom stereocenters. The standard InChI is InChI=1S/C28H24O8/c1-33-19-11-21(35-23(31)13-19)27-25(15-3-7-17(29)8-4-15)28(22-12-20(34-2)14-24(32)36-22)26(27)16-5-9-18(30)10-6-16/h3-14,25-30H,1-2H3. The van der Waals surface area contributed by atoms with E-state index in [4.69, 9.17) is 18.3 Å². The predicted octanol–water partition coefficient (Wildman–Crippen LogP) is 4.47. The van der Waals surface area contributed by atoms with Crippen LogP contribution in [0.5, 0.6) is 23.0 Å². The Morgan fingerprint density at radius 2 is 0.944 bits per heavy atom. The maximum atomic E-state index is 12.4. The van der Waals surface area contributed by atoms with Crippen LogP contribution in [-0.2, 0) is 0 Å². The number of hydrogen-bond acceptors (Lipinski definition) is 8. The van der Waals surface area contributed by atoms with Gasteiger partial charge < -0.3 is 28.5 Å². The van der Waals surface area contributed by atoms with Gasteiger partial charge in [-0.3, -0.25) is 0 Å². The first kappa shape index (κ1) is 23.3. The van der Waals surface area contributed by atoms with Crippen LogP contribution in [0.3, 0.4) is 0 Å². The van der Waals surface area contributed by atoms with Gasteiger partial charge in [-0.05, 0) is 35.4 Å². The molecule has 2 aromatic carbocycles. The summed E-state index contributed by atoms with van der Waals surface area (Å²) in [6.45, 7) is 0. The third kappa shape index (κ3) is 4.22. The lowest BCUT2D eigenvalue weighted by atomic mass is 9.51. The summed E-state index contributed by atoms with van der Waals surface area (Å²) < 4.78 is 22.0. The van der Waals surface area contributed by atoms with E-state index < -0.39 is 11.3 Å². The van der Waals surface area contributed by atoms with Gasteiger partial charge in [-0.1, -0.05) is 24.3 Å². The van der Waals surface area contributed by atoms with Crippen molar-refractivity contribution >= 4 is 0 Å². The first-order valence-electron chi connectivity index (χ1n) is 11.3. The van der Waals surface area contributed by atoms with Crippen LogP contribution in [0.4, 0.5) is 0 Å². The van der Waals surface area contributed by atoms with E-state index in [2.05, 4.69) is 0 Å². The molecule has 1 saturated carbocycles. The third-order valence-corrected chi connectivity index (χ3v) is 6.76. The van der Waals surface area contributed by atoms with Crippen molar-refractivity contribution in [3.8, 4) is 23.0 Å². The summed E-state index contributed by atoms with van der Waals surface area (Å²) in [6, 6.07) is 19.4. The molecule has 1 aliphatic carbocycles. The van der Waals surface area contributed by atoms with E-state index in [1.807, 2.05) is 0 Å². The summed E-state index contributed by atoms with van der Waals surface area (Å²) in [5.41, 5.74) is 0.617. The van der Waals surface area contributed by atoms with Crippen LogP contribution in [0, 0.1) is 0 Å². The molecule has 0 unspecified atom stereocenters. The average molecular weight is 488 g/mol. The second-order valence-electron chi connectivity index (χ2n) is 8.72. The maximum absolute atomic E-state index is 12.4. The molecule has 2 N–H and O–H groups in total. The Kier molecular flexibility index (Phi) is 6.01. The lowest BCUT2D eigenvalue weighted by Gasteiger charge is -2.51. The number of aromatic hydroxyl groups is 2. The molecular weight excluding hydrogens is 464 g/mol. The zero-order valence-corrected chi connectivity index (χ0v) is 19.6. The van der Waals surface area contributed by atoms with Crippen LogP contribution in [0.25, 0.3) is 0 Å². The molecule has 0 radical (unpaired) electrons. The molecule has 0 spiro atoms. The predicted molar refractivity (Wildman–Crippen MR) is 130 cm³/mol. The summed E-state index contributed by atoms with van der Waals surface area (Å²) >= 11 is 0. The SMILES string of the molecule is COc1cc(C2C(c3ccc(O)cc3)C(c3cc(OC)cc(=O)o3)C2c2ccc(O)cc2)oc(=O)c1.